The molecule has 0 fully saturated rings. The number of benzene rings is 2. The van der Waals surface area contributed by atoms with Crippen molar-refractivity contribution in [2.45, 2.75) is 17.9 Å². The number of rotatable bonds is 4. The molecule has 7 heteroatoms. The summed E-state index contributed by atoms with van der Waals surface area (Å²) in [5.41, 5.74) is 0.568. The number of esters is 1. The fourth-order valence-electron chi connectivity index (χ4n) is 1.92. The van der Waals surface area contributed by atoms with E-state index in [1.54, 1.807) is 6.92 Å². The van der Waals surface area contributed by atoms with Crippen LogP contribution in [0.1, 0.15) is 28.9 Å². The Morgan fingerprint density at radius 3 is 2.35 bits per heavy atom. The highest BCUT2D eigenvalue weighted by atomic mass is 35.5. The van der Waals surface area contributed by atoms with E-state index in [9.17, 15) is 17.6 Å². The Labute approximate surface area is 138 Å². The lowest BCUT2D eigenvalue weighted by Gasteiger charge is -2.14. The number of carbonyl (C=O) groups excluding carboxylic acids is 1. The summed E-state index contributed by atoms with van der Waals surface area (Å²) in [6, 6.07) is 9.35. The molecule has 2 aromatic rings. The normalized spacial score (nSPS) is 12.7. The molecule has 0 radical (unpaired) electrons. The fraction of sp³-hybridized carbons (Fsp3) is 0.188. The van der Waals surface area contributed by atoms with Gasteiger partial charge in [-0.25, -0.2) is 17.6 Å². The molecule has 4 nitrogen and oxygen atoms in total. The first-order valence-corrected chi connectivity index (χ1v) is 8.91. The Balaban J connectivity index is 2.25. The van der Waals surface area contributed by atoms with E-state index >= 15 is 0 Å². The predicted octanol–water partition coefficient (Wildman–Crippen LogP) is 3.80. The molecule has 2 rings (SSSR count). The molecule has 0 saturated carbocycles. The lowest BCUT2D eigenvalue weighted by atomic mass is 10.1. The molecule has 1 atom stereocenters. The summed E-state index contributed by atoms with van der Waals surface area (Å²) in [7, 11) is -3.47. The van der Waals surface area contributed by atoms with Crippen LogP contribution in [0.25, 0.3) is 0 Å². The molecule has 0 unspecified atom stereocenters. The molecule has 0 aliphatic rings. The van der Waals surface area contributed by atoms with Gasteiger partial charge in [-0.05, 0) is 42.8 Å². The van der Waals surface area contributed by atoms with Crippen LogP contribution in [-0.4, -0.2) is 20.6 Å². The van der Waals surface area contributed by atoms with E-state index in [4.69, 9.17) is 16.3 Å². The van der Waals surface area contributed by atoms with E-state index in [-0.39, 0.29) is 15.5 Å². The molecule has 0 aliphatic carbocycles. The van der Waals surface area contributed by atoms with Gasteiger partial charge in [0.1, 0.15) is 11.9 Å². The molecular formula is C16H14ClFO4S. The zero-order valence-corrected chi connectivity index (χ0v) is 14.0. The monoisotopic (exact) mass is 356 g/mol. The second-order valence-corrected chi connectivity index (χ2v) is 7.44. The molecule has 0 aliphatic heterocycles. The summed E-state index contributed by atoms with van der Waals surface area (Å²) in [6.07, 6.45) is 0.396. The van der Waals surface area contributed by atoms with Gasteiger partial charge in [0.25, 0.3) is 0 Å². The van der Waals surface area contributed by atoms with Gasteiger partial charge in [-0.15, -0.1) is 0 Å². The summed E-state index contributed by atoms with van der Waals surface area (Å²) in [6.45, 7) is 1.62. The van der Waals surface area contributed by atoms with E-state index in [0.29, 0.717) is 5.56 Å². The Morgan fingerprint density at radius 2 is 1.78 bits per heavy atom. The van der Waals surface area contributed by atoms with Gasteiger partial charge in [0.05, 0.1) is 15.5 Å². The number of ether oxygens (including phenoxy) is 1. The van der Waals surface area contributed by atoms with Crippen molar-refractivity contribution in [1.82, 2.24) is 0 Å². The molecule has 0 bridgehead atoms. The number of halogens is 2. The molecule has 0 N–H and O–H groups in total. The molecule has 23 heavy (non-hydrogen) atoms. The average Bonchev–Trinajstić information content (AvgIpc) is 2.46. The van der Waals surface area contributed by atoms with Crippen LogP contribution in [0.4, 0.5) is 4.39 Å². The van der Waals surface area contributed by atoms with Gasteiger partial charge in [0.15, 0.2) is 9.84 Å². The van der Waals surface area contributed by atoms with Crippen molar-refractivity contribution < 1.29 is 22.3 Å². The minimum absolute atomic E-state index is 0.0247. The van der Waals surface area contributed by atoms with Crippen LogP contribution in [0, 0.1) is 5.82 Å². The fourth-order valence-corrected chi connectivity index (χ4v) is 2.76. The second-order valence-electron chi connectivity index (χ2n) is 5.01. The minimum Gasteiger partial charge on any atom is -0.454 e. The van der Waals surface area contributed by atoms with Gasteiger partial charge in [-0.3, -0.25) is 0 Å². The zero-order chi connectivity index (χ0) is 17.2. The van der Waals surface area contributed by atoms with Gasteiger partial charge in [0, 0.05) is 6.26 Å². The highest BCUT2D eigenvalue weighted by Crippen LogP contribution is 2.24. The molecule has 0 aromatic heterocycles. The molecule has 0 heterocycles. The van der Waals surface area contributed by atoms with E-state index in [0.717, 1.165) is 6.26 Å². The van der Waals surface area contributed by atoms with Crippen LogP contribution >= 0.6 is 11.6 Å². The topological polar surface area (TPSA) is 60.4 Å². The SMILES string of the molecule is C[C@H](OC(=O)c1cc(S(C)(=O)=O)ccc1Cl)c1ccc(F)cc1. The van der Waals surface area contributed by atoms with Crippen molar-refractivity contribution in [2.75, 3.05) is 6.26 Å². The van der Waals surface area contributed by atoms with Crippen molar-refractivity contribution in [3.05, 3.63) is 64.4 Å². The lowest BCUT2D eigenvalue weighted by molar-refractivity contribution is 0.0337. The van der Waals surface area contributed by atoms with E-state index in [2.05, 4.69) is 0 Å². The third-order valence-corrected chi connectivity index (χ3v) is 4.65. The second kappa shape index (κ2) is 6.68. The van der Waals surface area contributed by atoms with Crippen molar-refractivity contribution >= 4 is 27.4 Å². The smallest absolute Gasteiger partial charge is 0.340 e. The first-order chi connectivity index (χ1) is 10.7. The molecule has 0 saturated heterocycles. The van der Waals surface area contributed by atoms with Crippen LogP contribution in [-0.2, 0) is 14.6 Å². The highest BCUT2D eigenvalue weighted by Gasteiger charge is 2.19. The van der Waals surface area contributed by atoms with E-state index in [1.807, 2.05) is 0 Å². The number of hydrogen-bond acceptors (Lipinski definition) is 4. The van der Waals surface area contributed by atoms with Crippen molar-refractivity contribution in [3.8, 4) is 0 Å². The van der Waals surface area contributed by atoms with Crippen molar-refractivity contribution in [1.29, 1.82) is 0 Å². The summed E-state index contributed by atoms with van der Waals surface area (Å²) >= 11 is 5.95. The highest BCUT2D eigenvalue weighted by molar-refractivity contribution is 7.90. The molecule has 0 spiro atoms. The summed E-state index contributed by atoms with van der Waals surface area (Å²) in [5.74, 6) is -1.14. The Bertz CT molecular complexity index is 832. The third-order valence-electron chi connectivity index (χ3n) is 3.21. The minimum atomic E-state index is -3.47. The number of carbonyl (C=O) groups is 1. The van der Waals surface area contributed by atoms with Crippen molar-refractivity contribution in [2.24, 2.45) is 0 Å². The van der Waals surface area contributed by atoms with Gasteiger partial charge in [-0.2, -0.15) is 0 Å². The van der Waals surface area contributed by atoms with Gasteiger partial charge >= 0.3 is 5.97 Å². The Morgan fingerprint density at radius 1 is 1.17 bits per heavy atom. The third kappa shape index (κ3) is 4.30. The van der Waals surface area contributed by atoms with Crippen LogP contribution in [0.5, 0.6) is 0 Å². The number of sulfone groups is 1. The largest absolute Gasteiger partial charge is 0.454 e. The van der Waals surface area contributed by atoms with E-state index in [1.165, 1.54) is 42.5 Å². The summed E-state index contributed by atoms with van der Waals surface area (Å²) in [5, 5.41) is 0.0914. The van der Waals surface area contributed by atoms with Crippen LogP contribution in [0.3, 0.4) is 0 Å². The predicted molar refractivity (Wildman–Crippen MR) is 84.8 cm³/mol. The average molecular weight is 357 g/mol. The Hall–Kier alpha value is -1.92. The molecule has 0 amide bonds. The van der Waals surface area contributed by atoms with Crippen LogP contribution < -0.4 is 0 Å². The maximum absolute atomic E-state index is 12.9. The van der Waals surface area contributed by atoms with Gasteiger partial charge in [-0.1, -0.05) is 23.7 Å². The van der Waals surface area contributed by atoms with E-state index < -0.39 is 27.7 Å². The van der Waals surface area contributed by atoms with Gasteiger partial charge < -0.3 is 4.74 Å². The van der Waals surface area contributed by atoms with Crippen molar-refractivity contribution in [3.63, 3.8) is 0 Å². The number of hydrogen-bond donors (Lipinski definition) is 0. The molecule has 122 valence electrons. The lowest BCUT2D eigenvalue weighted by Crippen LogP contribution is -2.11. The van der Waals surface area contributed by atoms with Gasteiger partial charge in [0.2, 0.25) is 0 Å². The molecular weight excluding hydrogens is 343 g/mol. The summed E-state index contributed by atoms with van der Waals surface area (Å²) in [4.78, 5) is 12.2. The Kier molecular flexibility index (Phi) is 5.06. The summed E-state index contributed by atoms with van der Waals surface area (Å²) < 4.78 is 41.3. The first-order valence-electron chi connectivity index (χ1n) is 6.64. The van der Waals surface area contributed by atoms with Crippen LogP contribution in [0.15, 0.2) is 47.4 Å². The standard InChI is InChI=1S/C16H14ClFO4S/c1-10(11-3-5-12(18)6-4-11)22-16(19)14-9-13(23(2,20)21)7-8-15(14)17/h3-10H,1-2H3/t10-/m0/s1. The zero-order valence-electron chi connectivity index (χ0n) is 12.4. The van der Waals surface area contributed by atoms with Crippen LogP contribution in [0.2, 0.25) is 5.02 Å². The molecule has 2 aromatic carbocycles. The quantitative estimate of drug-likeness (QED) is 0.782. The maximum Gasteiger partial charge on any atom is 0.340 e. The maximum atomic E-state index is 12.9. The first kappa shape index (κ1) is 17.4.